The Morgan fingerprint density at radius 1 is 1.22 bits per heavy atom. The molecule has 0 unspecified atom stereocenters. The van der Waals surface area contributed by atoms with Gasteiger partial charge in [-0.15, -0.1) is 0 Å². The molecule has 2 rings (SSSR count). The van der Waals surface area contributed by atoms with Crippen LogP contribution in [0.15, 0.2) is 11.6 Å². The molecule has 0 aromatic rings. The fourth-order valence-electron chi connectivity index (χ4n) is 2.79. The third kappa shape index (κ3) is 2.63. The maximum absolute atomic E-state index is 10.3. The molecule has 0 amide bonds. The highest BCUT2D eigenvalue weighted by Crippen LogP contribution is 2.45. The zero-order chi connectivity index (χ0) is 13.6. The van der Waals surface area contributed by atoms with E-state index in [0.717, 1.165) is 19.3 Å². The van der Waals surface area contributed by atoms with Crippen LogP contribution in [0.4, 0.5) is 0 Å². The van der Waals surface area contributed by atoms with Crippen molar-refractivity contribution in [3.05, 3.63) is 11.6 Å². The second-order valence-electron chi connectivity index (χ2n) is 6.79. The number of fused-ring (bicyclic) bond motifs is 1. The van der Waals surface area contributed by atoms with Crippen LogP contribution in [0.25, 0.3) is 0 Å². The van der Waals surface area contributed by atoms with Gasteiger partial charge in [0.25, 0.3) is 0 Å². The van der Waals surface area contributed by atoms with Crippen LogP contribution < -0.4 is 0 Å². The van der Waals surface area contributed by atoms with Crippen molar-refractivity contribution in [2.24, 2.45) is 5.41 Å². The van der Waals surface area contributed by atoms with Crippen LogP contribution in [-0.4, -0.2) is 34.1 Å². The lowest BCUT2D eigenvalue weighted by Gasteiger charge is -2.34. The maximum Gasteiger partial charge on any atom is 0.0921 e. The summed E-state index contributed by atoms with van der Waals surface area (Å²) < 4.78 is 5.77. The van der Waals surface area contributed by atoms with E-state index in [4.69, 9.17) is 4.74 Å². The highest BCUT2D eigenvalue weighted by atomic mass is 16.6. The van der Waals surface area contributed by atoms with Gasteiger partial charge in [-0.25, -0.2) is 0 Å². The van der Waals surface area contributed by atoms with Crippen LogP contribution in [0.3, 0.4) is 0 Å². The second-order valence-corrected chi connectivity index (χ2v) is 6.79. The topological polar surface area (TPSA) is 53.0 Å². The highest BCUT2D eigenvalue weighted by molar-refractivity contribution is 5.10. The van der Waals surface area contributed by atoms with Crippen LogP contribution in [-0.2, 0) is 4.74 Å². The summed E-state index contributed by atoms with van der Waals surface area (Å²) in [6.07, 6.45) is 4.66. The Morgan fingerprint density at radius 3 is 2.56 bits per heavy atom. The quantitative estimate of drug-likeness (QED) is 0.515. The summed E-state index contributed by atoms with van der Waals surface area (Å²) in [5, 5.41) is 20.6. The van der Waals surface area contributed by atoms with Crippen molar-refractivity contribution < 1.29 is 14.9 Å². The van der Waals surface area contributed by atoms with Gasteiger partial charge in [0.15, 0.2) is 0 Å². The number of allylic oxidation sites excluding steroid dienone is 1. The molecule has 0 aromatic carbocycles. The maximum atomic E-state index is 10.3. The lowest BCUT2D eigenvalue weighted by molar-refractivity contribution is -0.0328. The number of rotatable bonds is 0. The lowest BCUT2D eigenvalue weighted by atomic mass is 9.77. The summed E-state index contributed by atoms with van der Waals surface area (Å²) >= 11 is 0. The van der Waals surface area contributed by atoms with E-state index in [1.54, 1.807) is 0 Å². The van der Waals surface area contributed by atoms with Crippen molar-refractivity contribution in [2.75, 3.05) is 0 Å². The van der Waals surface area contributed by atoms with E-state index in [2.05, 4.69) is 6.92 Å². The molecular formula is C15H26O3. The van der Waals surface area contributed by atoms with E-state index in [-0.39, 0.29) is 5.60 Å². The molecular weight excluding hydrogens is 228 g/mol. The first-order valence-electron chi connectivity index (χ1n) is 6.97. The number of epoxide rings is 1. The summed E-state index contributed by atoms with van der Waals surface area (Å²) in [6.45, 7) is 8.03. The summed E-state index contributed by atoms with van der Waals surface area (Å²) in [7, 11) is 0. The van der Waals surface area contributed by atoms with E-state index < -0.39 is 17.6 Å². The van der Waals surface area contributed by atoms with Gasteiger partial charge in [-0.3, -0.25) is 0 Å². The number of aliphatic hydroxyl groups excluding tert-OH is 2. The molecule has 2 aliphatic rings. The number of hydrogen-bond acceptors (Lipinski definition) is 3. The van der Waals surface area contributed by atoms with Crippen molar-refractivity contribution in [3.8, 4) is 0 Å². The highest BCUT2D eigenvalue weighted by Gasteiger charge is 2.52. The molecule has 0 radical (unpaired) electrons. The van der Waals surface area contributed by atoms with Gasteiger partial charge in [0.1, 0.15) is 0 Å². The number of hydrogen-bond donors (Lipinski definition) is 2. The summed E-state index contributed by atoms with van der Waals surface area (Å²) in [5.74, 6) is 0. The van der Waals surface area contributed by atoms with Gasteiger partial charge in [0.05, 0.1) is 23.9 Å². The minimum Gasteiger partial charge on any atom is -0.392 e. The van der Waals surface area contributed by atoms with Crippen molar-refractivity contribution in [1.29, 1.82) is 0 Å². The minimum atomic E-state index is -0.587. The van der Waals surface area contributed by atoms with E-state index in [1.165, 1.54) is 5.57 Å². The minimum absolute atomic E-state index is 0.0490. The smallest absolute Gasteiger partial charge is 0.0921 e. The van der Waals surface area contributed by atoms with Gasteiger partial charge >= 0.3 is 0 Å². The van der Waals surface area contributed by atoms with Crippen molar-refractivity contribution in [1.82, 2.24) is 0 Å². The third-order valence-corrected chi connectivity index (χ3v) is 4.81. The molecule has 3 heteroatoms. The fourth-order valence-corrected chi connectivity index (χ4v) is 2.79. The Hall–Kier alpha value is -0.380. The van der Waals surface area contributed by atoms with Crippen LogP contribution in [0.2, 0.25) is 0 Å². The molecule has 2 N–H and O–H groups in total. The molecule has 4 atom stereocenters. The summed E-state index contributed by atoms with van der Waals surface area (Å²) in [4.78, 5) is 0. The van der Waals surface area contributed by atoms with Crippen LogP contribution in [0.1, 0.15) is 53.4 Å². The van der Waals surface area contributed by atoms with Crippen molar-refractivity contribution >= 4 is 0 Å². The molecule has 1 saturated heterocycles. The van der Waals surface area contributed by atoms with Crippen LogP contribution in [0.5, 0.6) is 0 Å². The van der Waals surface area contributed by atoms with E-state index in [0.29, 0.717) is 12.5 Å². The van der Waals surface area contributed by atoms with Gasteiger partial charge in [-0.05, 0) is 39.5 Å². The molecule has 3 nitrogen and oxygen atoms in total. The third-order valence-electron chi connectivity index (χ3n) is 4.81. The Balaban J connectivity index is 2.17. The largest absolute Gasteiger partial charge is 0.392 e. The summed E-state index contributed by atoms with van der Waals surface area (Å²) in [6, 6.07) is 0. The zero-order valence-corrected chi connectivity index (χ0v) is 11.9. The average Bonchev–Trinajstić information content (AvgIpc) is 2.94. The van der Waals surface area contributed by atoms with E-state index in [9.17, 15) is 10.2 Å². The van der Waals surface area contributed by atoms with Gasteiger partial charge < -0.3 is 14.9 Å². The SMILES string of the molecule is C/C1=C/[C@H](O)C(C)(C)[C@@H](O)CC[C@]2(C)O[C@H]2CC1. The molecule has 1 aliphatic heterocycles. The first-order chi connectivity index (χ1) is 8.25. The van der Waals surface area contributed by atoms with Gasteiger partial charge in [-0.2, -0.15) is 0 Å². The Kier molecular flexibility index (Phi) is 3.60. The van der Waals surface area contributed by atoms with Gasteiger partial charge in [0, 0.05) is 5.41 Å². The van der Waals surface area contributed by atoms with Crippen molar-refractivity contribution in [2.45, 2.75) is 77.3 Å². The Morgan fingerprint density at radius 2 is 1.89 bits per heavy atom. The standard InChI is InChI=1S/C15H26O3/c1-10-5-6-13-15(4,18-13)8-7-11(16)14(2,3)12(17)9-10/h9,11-13,16-17H,5-8H2,1-4H3/b10-9-/t11-,12-,13-,15-/m0/s1. The molecule has 0 bridgehead atoms. The Labute approximate surface area is 110 Å². The monoisotopic (exact) mass is 254 g/mol. The van der Waals surface area contributed by atoms with E-state index in [1.807, 2.05) is 26.8 Å². The summed E-state index contributed by atoms with van der Waals surface area (Å²) in [5.41, 5.74) is 0.626. The second kappa shape index (κ2) is 4.62. The first kappa shape index (κ1) is 14.0. The molecule has 1 aliphatic carbocycles. The predicted octanol–water partition coefficient (Wildman–Crippen LogP) is 2.41. The van der Waals surface area contributed by atoms with Crippen LogP contribution >= 0.6 is 0 Å². The predicted molar refractivity (Wildman–Crippen MR) is 71.3 cm³/mol. The average molecular weight is 254 g/mol. The normalized spacial score (nSPS) is 47.4. The van der Waals surface area contributed by atoms with Gasteiger partial charge in [0.2, 0.25) is 0 Å². The first-order valence-corrected chi connectivity index (χ1v) is 6.97. The molecule has 104 valence electrons. The number of ether oxygens (including phenoxy) is 1. The molecule has 18 heavy (non-hydrogen) atoms. The molecule has 0 saturated carbocycles. The fraction of sp³-hybridized carbons (Fsp3) is 0.867. The molecule has 1 heterocycles. The van der Waals surface area contributed by atoms with Crippen molar-refractivity contribution in [3.63, 3.8) is 0 Å². The lowest BCUT2D eigenvalue weighted by Crippen LogP contribution is -2.40. The van der Waals surface area contributed by atoms with Crippen LogP contribution in [0, 0.1) is 5.41 Å². The van der Waals surface area contributed by atoms with E-state index >= 15 is 0 Å². The van der Waals surface area contributed by atoms with Gasteiger partial charge in [-0.1, -0.05) is 25.5 Å². The number of aliphatic hydroxyl groups is 2. The molecule has 0 spiro atoms. The molecule has 1 fully saturated rings. The Bertz CT molecular complexity index is 348. The zero-order valence-electron chi connectivity index (χ0n) is 11.9. The molecule has 0 aromatic heterocycles.